The van der Waals surface area contributed by atoms with Gasteiger partial charge in [-0.25, -0.2) is 24.5 Å². The maximum atomic E-state index is 12.8. The average Bonchev–Trinajstić information content (AvgIpc) is 3.43. The number of carbonyl (C=O) groups is 3. The maximum absolute atomic E-state index is 12.8. The highest BCUT2D eigenvalue weighted by Gasteiger charge is 2.38. The van der Waals surface area contributed by atoms with Gasteiger partial charge in [0.1, 0.15) is 18.0 Å². The van der Waals surface area contributed by atoms with Crippen LogP contribution in [0.5, 0.6) is 0 Å². The fourth-order valence-corrected chi connectivity index (χ4v) is 4.03. The number of fused-ring (bicyclic) bond motifs is 1. The lowest BCUT2D eigenvalue weighted by Gasteiger charge is -2.33. The van der Waals surface area contributed by atoms with Crippen LogP contribution in [0.2, 0.25) is 5.02 Å². The summed E-state index contributed by atoms with van der Waals surface area (Å²) in [5, 5.41) is 22.9. The molecule has 13 nitrogen and oxygen atoms in total. The molecule has 246 valence electrons. The van der Waals surface area contributed by atoms with E-state index in [1.54, 1.807) is 0 Å². The van der Waals surface area contributed by atoms with E-state index in [0.29, 0.717) is 48.7 Å². The van der Waals surface area contributed by atoms with Gasteiger partial charge < -0.3 is 20.8 Å². The molecule has 0 radical (unpaired) electrons. The molecule has 5 rings (SSSR count). The predicted molar refractivity (Wildman–Crippen MR) is 149 cm³/mol. The third kappa shape index (κ3) is 10.3. The number of anilines is 1. The van der Waals surface area contributed by atoms with E-state index in [1.807, 2.05) is 47.4 Å². The summed E-state index contributed by atoms with van der Waals surface area (Å²) < 4.78 is 63.5. The lowest BCUT2D eigenvalue weighted by atomic mass is 10.1. The number of carboxylic acid groups (broad SMARTS) is 2. The van der Waals surface area contributed by atoms with Crippen LogP contribution in [0.25, 0.3) is 22.3 Å². The summed E-state index contributed by atoms with van der Waals surface area (Å²) in [5.41, 5.74) is 8.54. The number of aromatic nitrogens is 5. The molecule has 1 aliphatic rings. The zero-order chi connectivity index (χ0) is 34.2. The van der Waals surface area contributed by atoms with E-state index in [0.717, 1.165) is 28.6 Å². The molecule has 0 unspecified atom stereocenters. The van der Waals surface area contributed by atoms with Crippen molar-refractivity contribution in [1.82, 2.24) is 34.9 Å². The van der Waals surface area contributed by atoms with Crippen molar-refractivity contribution in [1.29, 1.82) is 0 Å². The summed E-state index contributed by atoms with van der Waals surface area (Å²) in [7, 11) is 0. The standard InChI is InChI=1S/C22H21ClN8O.2C2HF3O2/c23-16-3-1-2-15(9-16)22-27-19(28-29-22)11-30-6-7-31(20(32)12-30)10-14-4-5-17-18(8-14)25-13-26-21(17)24;2*3-2(4,5)1(6)7/h1-5,8-9,13H,6-7,10-12H2,(H2,24,25,26)(H,27,28,29);2*(H,6,7). The van der Waals surface area contributed by atoms with E-state index in [1.165, 1.54) is 6.33 Å². The number of carboxylic acids is 2. The second-order valence-corrected chi connectivity index (χ2v) is 9.79. The van der Waals surface area contributed by atoms with Gasteiger partial charge in [0.25, 0.3) is 0 Å². The van der Waals surface area contributed by atoms with Crippen molar-refractivity contribution in [2.75, 3.05) is 25.4 Å². The molecule has 0 saturated carbocycles. The number of hydrogen-bond acceptors (Lipinski definition) is 9. The minimum Gasteiger partial charge on any atom is -0.475 e. The van der Waals surface area contributed by atoms with Gasteiger partial charge in [0, 0.05) is 35.6 Å². The van der Waals surface area contributed by atoms with Crippen LogP contribution in [-0.2, 0) is 27.5 Å². The number of benzene rings is 2. The fourth-order valence-electron chi connectivity index (χ4n) is 3.84. The van der Waals surface area contributed by atoms with Crippen LogP contribution in [0, 0.1) is 0 Å². The molecule has 0 bridgehead atoms. The van der Waals surface area contributed by atoms with Crippen LogP contribution >= 0.6 is 11.6 Å². The quantitative estimate of drug-likeness (QED) is 0.225. The van der Waals surface area contributed by atoms with Crippen molar-refractivity contribution in [3.8, 4) is 11.4 Å². The summed E-state index contributed by atoms with van der Waals surface area (Å²) in [6.45, 7) is 2.78. The minimum absolute atomic E-state index is 0.0770. The van der Waals surface area contributed by atoms with Gasteiger partial charge in [-0.15, -0.1) is 0 Å². The number of carbonyl (C=O) groups excluding carboxylic acids is 1. The Morgan fingerprint density at radius 2 is 1.61 bits per heavy atom. The van der Waals surface area contributed by atoms with E-state index >= 15 is 0 Å². The summed E-state index contributed by atoms with van der Waals surface area (Å²) in [5.74, 6) is -3.67. The summed E-state index contributed by atoms with van der Waals surface area (Å²) in [6.07, 6.45) is -8.72. The molecule has 0 atom stereocenters. The van der Waals surface area contributed by atoms with Crippen LogP contribution < -0.4 is 5.73 Å². The molecule has 1 saturated heterocycles. The fraction of sp³-hybridized carbons (Fsp3) is 0.269. The molecule has 1 fully saturated rings. The van der Waals surface area contributed by atoms with Crippen LogP contribution in [0.4, 0.5) is 32.2 Å². The van der Waals surface area contributed by atoms with Gasteiger partial charge >= 0.3 is 24.3 Å². The van der Waals surface area contributed by atoms with Crippen LogP contribution in [0.1, 0.15) is 11.4 Å². The first-order valence-corrected chi connectivity index (χ1v) is 13.1. The third-order valence-electron chi connectivity index (χ3n) is 5.98. The Bertz CT molecular complexity index is 1680. The maximum Gasteiger partial charge on any atom is 0.490 e. The van der Waals surface area contributed by atoms with Crippen molar-refractivity contribution in [3.05, 3.63) is 65.2 Å². The molecule has 1 aliphatic heterocycles. The third-order valence-corrected chi connectivity index (χ3v) is 6.21. The van der Waals surface area contributed by atoms with Gasteiger partial charge in [-0.05, 0) is 29.8 Å². The number of piperazine rings is 1. The molecular formula is C26H23ClF6N8O5. The number of nitrogens with one attached hydrogen (secondary N) is 1. The first-order chi connectivity index (χ1) is 21.4. The topological polar surface area (TPSA) is 192 Å². The average molecular weight is 677 g/mol. The summed E-state index contributed by atoms with van der Waals surface area (Å²) in [4.78, 5) is 47.3. The van der Waals surface area contributed by atoms with Gasteiger partial charge in [0.15, 0.2) is 5.82 Å². The summed E-state index contributed by atoms with van der Waals surface area (Å²) in [6, 6.07) is 13.2. The zero-order valence-electron chi connectivity index (χ0n) is 23.2. The first kappa shape index (κ1) is 35.4. The van der Waals surface area contributed by atoms with Gasteiger partial charge in [-0.1, -0.05) is 29.8 Å². The number of aromatic amines is 1. The number of nitrogens with two attached hydrogens (primary N) is 1. The van der Waals surface area contributed by atoms with Crippen molar-refractivity contribution in [2.24, 2.45) is 0 Å². The highest BCUT2D eigenvalue weighted by Crippen LogP contribution is 2.21. The number of alkyl halides is 6. The Morgan fingerprint density at radius 1 is 0.957 bits per heavy atom. The van der Waals surface area contributed by atoms with E-state index < -0.39 is 24.3 Å². The second kappa shape index (κ2) is 14.8. The SMILES string of the molecule is Nc1ncnc2cc(CN3CCN(Cc4nc(-c5cccc(Cl)c5)n[nH]4)CC3=O)ccc12.O=C(O)C(F)(F)F.O=C(O)C(F)(F)F. The van der Waals surface area contributed by atoms with Crippen molar-refractivity contribution >= 4 is 46.2 Å². The second-order valence-electron chi connectivity index (χ2n) is 9.36. The number of H-pyrrole nitrogens is 1. The molecule has 5 N–H and O–H groups in total. The van der Waals surface area contributed by atoms with Crippen molar-refractivity contribution in [3.63, 3.8) is 0 Å². The highest BCUT2D eigenvalue weighted by molar-refractivity contribution is 6.30. The molecule has 1 amide bonds. The monoisotopic (exact) mass is 676 g/mol. The number of aliphatic carboxylic acids is 2. The Morgan fingerprint density at radius 3 is 2.20 bits per heavy atom. The van der Waals surface area contributed by atoms with Gasteiger partial charge in [-0.2, -0.15) is 31.4 Å². The van der Waals surface area contributed by atoms with E-state index in [4.69, 9.17) is 37.1 Å². The number of rotatable bonds is 5. The smallest absolute Gasteiger partial charge is 0.475 e. The number of hydrogen-bond donors (Lipinski definition) is 4. The van der Waals surface area contributed by atoms with Crippen molar-refractivity contribution < 1.29 is 50.9 Å². The Labute approximate surface area is 259 Å². The molecule has 2 aromatic heterocycles. The molecule has 4 aromatic rings. The molecule has 0 spiro atoms. The van der Waals surface area contributed by atoms with Gasteiger partial charge in [0.05, 0.1) is 18.6 Å². The van der Waals surface area contributed by atoms with Gasteiger partial charge in [0.2, 0.25) is 5.91 Å². The van der Waals surface area contributed by atoms with Crippen LogP contribution in [-0.4, -0.2) is 95.0 Å². The zero-order valence-corrected chi connectivity index (χ0v) is 23.9. The molecule has 0 aliphatic carbocycles. The Balaban J connectivity index is 0.000000345. The highest BCUT2D eigenvalue weighted by atomic mass is 35.5. The number of halogens is 7. The van der Waals surface area contributed by atoms with Crippen LogP contribution in [0.15, 0.2) is 48.8 Å². The van der Waals surface area contributed by atoms with Crippen molar-refractivity contribution in [2.45, 2.75) is 25.4 Å². The molecule has 3 heterocycles. The Kier molecular flexibility index (Phi) is 11.4. The van der Waals surface area contributed by atoms with Crippen LogP contribution in [0.3, 0.4) is 0 Å². The lowest BCUT2D eigenvalue weighted by molar-refractivity contribution is -0.193. The molecular weight excluding hydrogens is 654 g/mol. The molecule has 46 heavy (non-hydrogen) atoms. The number of nitrogen functional groups attached to an aromatic ring is 1. The van der Waals surface area contributed by atoms with E-state index in [-0.39, 0.29) is 5.91 Å². The first-order valence-electron chi connectivity index (χ1n) is 12.7. The molecule has 2 aromatic carbocycles. The lowest BCUT2D eigenvalue weighted by Crippen LogP contribution is -2.49. The number of nitrogens with zero attached hydrogens (tertiary/aromatic N) is 6. The Hall–Kier alpha value is -5.04. The minimum atomic E-state index is -5.08. The largest absolute Gasteiger partial charge is 0.490 e. The normalized spacial score (nSPS) is 13.8. The molecule has 20 heteroatoms. The predicted octanol–water partition coefficient (Wildman–Crippen LogP) is 3.76. The van der Waals surface area contributed by atoms with Gasteiger partial charge in [-0.3, -0.25) is 14.8 Å². The summed E-state index contributed by atoms with van der Waals surface area (Å²) >= 11 is 6.05. The van der Waals surface area contributed by atoms with E-state index in [2.05, 4.69) is 30.0 Å². The van der Waals surface area contributed by atoms with E-state index in [9.17, 15) is 31.1 Å². The number of amides is 1.